The number of thiazole rings is 1. The van der Waals surface area contributed by atoms with Crippen molar-refractivity contribution in [2.45, 2.75) is 31.8 Å². The van der Waals surface area contributed by atoms with Gasteiger partial charge in [-0.2, -0.15) is 0 Å². The van der Waals surface area contributed by atoms with Crippen LogP contribution in [0.15, 0.2) is 18.2 Å². The van der Waals surface area contributed by atoms with Crippen LogP contribution < -0.4 is 20.9 Å². The quantitative estimate of drug-likeness (QED) is 0.686. The first kappa shape index (κ1) is 17.9. The van der Waals surface area contributed by atoms with Crippen LogP contribution >= 0.6 is 11.3 Å². The van der Waals surface area contributed by atoms with Crippen LogP contribution in [0.1, 0.15) is 39.0 Å². The normalized spacial score (nSPS) is 20.8. The van der Waals surface area contributed by atoms with Gasteiger partial charge in [-0.3, -0.25) is 4.79 Å². The average molecular weight is 388 g/mol. The van der Waals surface area contributed by atoms with Gasteiger partial charge in [-0.1, -0.05) is 12.1 Å². The highest BCUT2D eigenvalue weighted by Crippen LogP contribution is 2.31. The molecule has 0 spiro atoms. The number of carbonyl (C=O) groups excluding carboxylic acids is 2. The van der Waals surface area contributed by atoms with Crippen LogP contribution in [-0.4, -0.2) is 36.6 Å². The molecule has 1 aromatic heterocycles. The van der Waals surface area contributed by atoms with Crippen LogP contribution in [0.5, 0.6) is 5.75 Å². The summed E-state index contributed by atoms with van der Waals surface area (Å²) in [6, 6.07) is 5.78. The second-order valence-corrected chi connectivity index (χ2v) is 7.70. The summed E-state index contributed by atoms with van der Waals surface area (Å²) in [5, 5.41) is 3.16. The minimum atomic E-state index is -0.509. The molecule has 2 aliphatic heterocycles. The van der Waals surface area contributed by atoms with E-state index in [9.17, 15) is 9.59 Å². The van der Waals surface area contributed by atoms with E-state index < -0.39 is 12.0 Å². The molecule has 0 radical (unpaired) electrons. The number of carbonyl (C=O) groups is 2. The number of fused-ring (bicyclic) bond motifs is 1. The maximum Gasteiger partial charge on any atom is 0.357 e. The Kier molecular flexibility index (Phi) is 4.81. The number of esters is 1. The van der Waals surface area contributed by atoms with Crippen molar-refractivity contribution in [2.75, 3.05) is 19.0 Å². The van der Waals surface area contributed by atoms with E-state index in [1.807, 2.05) is 12.1 Å². The molecule has 3 heterocycles. The van der Waals surface area contributed by atoms with Gasteiger partial charge in [-0.05, 0) is 30.5 Å². The van der Waals surface area contributed by atoms with Crippen molar-refractivity contribution in [2.24, 2.45) is 0 Å². The molecule has 3 N–H and O–H groups in total. The topological polar surface area (TPSA) is 102 Å². The Hall–Kier alpha value is -2.49. The molecule has 1 fully saturated rings. The van der Waals surface area contributed by atoms with Crippen LogP contribution in [0.25, 0.3) is 0 Å². The fourth-order valence-corrected chi connectivity index (χ4v) is 4.10. The molecule has 0 bridgehead atoms. The predicted molar refractivity (Wildman–Crippen MR) is 99.9 cm³/mol. The van der Waals surface area contributed by atoms with E-state index in [0.29, 0.717) is 16.4 Å². The monoisotopic (exact) mass is 388 g/mol. The Labute approximate surface area is 160 Å². The number of benzene rings is 1. The number of aromatic nitrogens is 1. The number of hydrogen-bond donors (Lipinski definition) is 3. The van der Waals surface area contributed by atoms with E-state index in [0.717, 1.165) is 24.3 Å². The zero-order chi connectivity index (χ0) is 19.0. The SMILES string of the molecule is COC(=O)c1nc(NC(=O)C2CC(c3ccc4c(c3)CCO4)NN2)sc1C. The van der Waals surface area contributed by atoms with E-state index in [-0.39, 0.29) is 17.6 Å². The van der Waals surface area contributed by atoms with E-state index in [2.05, 4.69) is 27.2 Å². The lowest BCUT2D eigenvalue weighted by Gasteiger charge is -2.11. The zero-order valence-corrected chi connectivity index (χ0v) is 15.8. The number of hydrazine groups is 1. The van der Waals surface area contributed by atoms with Crippen molar-refractivity contribution >= 4 is 28.3 Å². The minimum absolute atomic E-state index is 0.0373. The molecular formula is C18H20N4O4S. The second-order valence-electron chi connectivity index (χ2n) is 6.50. The van der Waals surface area contributed by atoms with Gasteiger partial charge in [0.05, 0.1) is 13.7 Å². The first-order valence-electron chi connectivity index (χ1n) is 8.68. The van der Waals surface area contributed by atoms with Gasteiger partial charge in [-0.25, -0.2) is 20.6 Å². The second kappa shape index (κ2) is 7.26. The molecule has 27 heavy (non-hydrogen) atoms. The Morgan fingerprint density at radius 2 is 2.22 bits per heavy atom. The highest BCUT2D eigenvalue weighted by molar-refractivity contribution is 7.16. The number of hydrogen-bond acceptors (Lipinski definition) is 8. The molecule has 2 unspecified atom stereocenters. The van der Waals surface area contributed by atoms with E-state index in [1.54, 1.807) is 6.92 Å². The van der Waals surface area contributed by atoms with Crippen molar-refractivity contribution in [3.05, 3.63) is 39.9 Å². The first-order chi connectivity index (χ1) is 13.0. The van der Waals surface area contributed by atoms with Crippen molar-refractivity contribution in [1.82, 2.24) is 15.8 Å². The Morgan fingerprint density at radius 3 is 3.04 bits per heavy atom. The highest BCUT2D eigenvalue weighted by atomic mass is 32.1. The summed E-state index contributed by atoms with van der Waals surface area (Å²) < 4.78 is 10.2. The molecule has 142 valence electrons. The van der Waals surface area contributed by atoms with E-state index in [1.165, 1.54) is 24.0 Å². The smallest absolute Gasteiger partial charge is 0.357 e. The van der Waals surface area contributed by atoms with Gasteiger partial charge >= 0.3 is 5.97 Å². The van der Waals surface area contributed by atoms with Gasteiger partial charge in [0.2, 0.25) is 5.91 Å². The number of rotatable bonds is 4. The van der Waals surface area contributed by atoms with Crippen molar-refractivity contribution in [3.63, 3.8) is 0 Å². The molecule has 1 saturated heterocycles. The van der Waals surface area contributed by atoms with Gasteiger partial charge in [-0.15, -0.1) is 11.3 Å². The number of nitrogens with zero attached hydrogens (tertiary/aromatic N) is 1. The largest absolute Gasteiger partial charge is 0.493 e. The number of ether oxygens (including phenoxy) is 2. The average Bonchev–Trinajstić information content (AvgIpc) is 3.39. The van der Waals surface area contributed by atoms with Gasteiger partial charge in [0.1, 0.15) is 11.8 Å². The Bertz CT molecular complexity index is 897. The van der Waals surface area contributed by atoms with Gasteiger partial charge in [0.15, 0.2) is 10.8 Å². The molecule has 2 aliphatic rings. The molecule has 2 atom stereocenters. The third-order valence-electron chi connectivity index (χ3n) is 4.74. The van der Waals surface area contributed by atoms with E-state index >= 15 is 0 Å². The highest BCUT2D eigenvalue weighted by Gasteiger charge is 2.31. The zero-order valence-electron chi connectivity index (χ0n) is 15.0. The number of amides is 1. The van der Waals surface area contributed by atoms with Gasteiger partial charge in [0.25, 0.3) is 0 Å². The summed E-state index contributed by atoms with van der Waals surface area (Å²) >= 11 is 1.25. The summed E-state index contributed by atoms with van der Waals surface area (Å²) in [7, 11) is 1.30. The summed E-state index contributed by atoms with van der Waals surface area (Å²) in [6.07, 6.45) is 1.53. The van der Waals surface area contributed by atoms with Gasteiger partial charge < -0.3 is 14.8 Å². The molecule has 2 aromatic rings. The summed E-state index contributed by atoms with van der Waals surface area (Å²) in [6.45, 7) is 2.49. The molecule has 4 rings (SSSR count). The molecule has 0 aliphatic carbocycles. The molecular weight excluding hydrogens is 368 g/mol. The maximum absolute atomic E-state index is 12.6. The fraction of sp³-hybridized carbons (Fsp3) is 0.389. The van der Waals surface area contributed by atoms with Crippen molar-refractivity contribution in [3.8, 4) is 5.75 Å². The molecule has 1 amide bonds. The molecule has 9 heteroatoms. The third-order valence-corrected chi connectivity index (χ3v) is 5.63. The van der Waals surface area contributed by atoms with Crippen LogP contribution in [0.4, 0.5) is 5.13 Å². The molecule has 0 saturated carbocycles. The first-order valence-corrected chi connectivity index (χ1v) is 9.50. The third kappa shape index (κ3) is 3.53. The lowest BCUT2D eigenvalue weighted by molar-refractivity contribution is -0.117. The summed E-state index contributed by atoms with van der Waals surface area (Å²) in [5.41, 5.74) is 8.78. The lowest BCUT2D eigenvalue weighted by Crippen LogP contribution is -2.39. The van der Waals surface area contributed by atoms with Crippen LogP contribution in [0, 0.1) is 6.92 Å². The fourth-order valence-electron chi connectivity index (χ4n) is 3.30. The molecule has 1 aromatic carbocycles. The maximum atomic E-state index is 12.6. The van der Waals surface area contributed by atoms with Crippen LogP contribution in [-0.2, 0) is 16.0 Å². The van der Waals surface area contributed by atoms with Crippen LogP contribution in [0.3, 0.4) is 0 Å². The lowest BCUT2D eigenvalue weighted by atomic mass is 9.99. The predicted octanol–water partition coefficient (Wildman–Crippen LogP) is 1.72. The number of nitrogens with one attached hydrogen (secondary N) is 3. The van der Waals surface area contributed by atoms with Crippen molar-refractivity contribution in [1.29, 1.82) is 0 Å². The summed E-state index contributed by atoms with van der Waals surface area (Å²) in [5.74, 6) is 0.241. The number of methoxy groups -OCH3 is 1. The van der Waals surface area contributed by atoms with Crippen molar-refractivity contribution < 1.29 is 19.1 Å². The number of anilines is 1. The van der Waals surface area contributed by atoms with Gasteiger partial charge in [0, 0.05) is 17.3 Å². The summed E-state index contributed by atoms with van der Waals surface area (Å²) in [4.78, 5) is 29.1. The standard InChI is InChI=1S/C18H20N4O4S/c1-9-15(17(24)25-2)19-18(27-9)20-16(23)13-8-12(21-22-13)10-3-4-14-11(7-10)5-6-26-14/h3-4,7,12-13,21-22H,5-6,8H2,1-2H3,(H,19,20,23). The Balaban J connectivity index is 1.40. The molecule has 8 nitrogen and oxygen atoms in total. The minimum Gasteiger partial charge on any atom is -0.493 e. The van der Waals surface area contributed by atoms with Crippen LogP contribution in [0.2, 0.25) is 0 Å². The van der Waals surface area contributed by atoms with E-state index in [4.69, 9.17) is 9.47 Å². The number of aryl methyl sites for hydroxylation is 1. The Morgan fingerprint density at radius 1 is 1.37 bits per heavy atom.